The summed E-state index contributed by atoms with van der Waals surface area (Å²) >= 11 is 0. The molecule has 0 aliphatic carbocycles. The fourth-order valence-corrected chi connectivity index (χ4v) is 9.17. The van der Waals surface area contributed by atoms with Gasteiger partial charge in [0.2, 0.25) is 0 Å². The van der Waals surface area contributed by atoms with Crippen molar-refractivity contribution in [2.45, 2.75) is 209 Å². The molecule has 0 aromatic heterocycles. The van der Waals surface area contributed by atoms with E-state index >= 15 is 0 Å². The SMILES string of the molecule is OC[C@H](O)[C@@H](O)[C@H](O)[C@H](O)CO[C@@H]1O[C@H](CO[C@@H]2O[C@H](CO[C@@H]3O[C@H](COC4O[C@H](CO)[C@@H](O)[C@H](O)[C@H]4O)[C@@H](O)[C@H](O[C@@H]4O[C@H](CO)[C@@H](O)[C@H](O)[C@H]4O)[C@H]3O)[C@@H](O)[C@H](O)[C@H]2O)[C@@H](O)[C@H](O[C@@H]2O[C@H](CO)[C@@H](O)[C@H](O)[C@H]2O)[C@H]1O. The minimum atomic E-state index is -2.19. The zero-order chi connectivity index (χ0) is 57.8. The van der Waals surface area contributed by atoms with E-state index in [2.05, 4.69) is 0 Å². The fraction of sp³-hybridized carbons (Fsp3) is 1.00. The van der Waals surface area contributed by atoms with E-state index in [-0.39, 0.29) is 0 Å². The minimum Gasteiger partial charge on any atom is -0.394 e. The Kier molecular flexibility index (Phi) is 24.3. The molecule has 0 aromatic rings. The number of hydrogen-bond donors (Lipinski definition) is 24. The van der Waals surface area contributed by atoms with Gasteiger partial charge in [-0.25, -0.2) is 0 Å². The second kappa shape index (κ2) is 28.9. The zero-order valence-electron chi connectivity index (χ0n) is 40.9. The highest BCUT2D eigenvalue weighted by atomic mass is 16.8. The first-order chi connectivity index (χ1) is 36.8. The van der Waals surface area contributed by atoms with Gasteiger partial charge in [-0.2, -0.15) is 0 Å². The maximum Gasteiger partial charge on any atom is 0.187 e. The molecule has 1 unspecified atom stereocenters. The van der Waals surface area contributed by atoms with E-state index in [9.17, 15) is 117 Å². The molecule has 0 aromatic carbocycles. The van der Waals surface area contributed by atoms with Crippen LogP contribution in [-0.4, -0.2) is 384 Å². The number of rotatable bonds is 23. The summed E-state index contributed by atoms with van der Waals surface area (Å²) < 4.78 is 66.7. The van der Waals surface area contributed by atoms with E-state index in [4.69, 9.17) is 61.9 Å². The molecule has 34 atom stereocenters. The molecule has 0 amide bonds. The summed E-state index contributed by atoms with van der Waals surface area (Å²) in [7, 11) is 0. The second-order valence-corrected chi connectivity index (χ2v) is 19.5. The van der Waals surface area contributed by atoms with Gasteiger partial charge in [-0.15, -0.1) is 0 Å². The summed E-state index contributed by atoms with van der Waals surface area (Å²) in [5.74, 6) is 0. The molecule has 6 fully saturated rings. The fourth-order valence-electron chi connectivity index (χ4n) is 9.17. The van der Waals surface area contributed by atoms with Crippen molar-refractivity contribution in [2.75, 3.05) is 52.9 Å². The third kappa shape index (κ3) is 14.5. The van der Waals surface area contributed by atoms with Gasteiger partial charge < -0.3 is 179 Å². The molecule has 6 aliphatic heterocycles. The lowest BCUT2D eigenvalue weighted by Crippen LogP contribution is -2.66. The van der Waals surface area contributed by atoms with Crippen LogP contribution >= 0.6 is 0 Å². The molecule has 0 saturated carbocycles. The first-order valence-corrected chi connectivity index (χ1v) is 24.6. The largest absolute Gasteiger partial charge is 0.394 e. The highest BCUT2D eigenvalue weighted by Gasteiger charge is 2.55. The van der Waals surface area contributed by atoms with E-state index in [0.29, 0.717) is 0 Å². The van der Waals surface area contributed by atoms with Crippen LogP contribution in [0, 0.1) is 0 Å². The lowest BCUT2D eigenvalue weighted by Gasteiger charge is -2.47. The third-order valence-corrected chi connectivity index (χ3v) is 14.1. The second-order valence-electron chi connectivity index (χ2n) is 19.5. The van der Waals surface area contributed by atoms with Gasteiger partial charge in [0.05, 0.1) is 52.9 Å². The van der Waals surface area contributed by atoms with Crippen LogP contribution in [-0.2, 0) is 56.8 Å². The van der Waals surface area contributed by atoms with E-state index in [1.807, 2.05) is 0 Å². The standard InChI is InChI=1S/C42H74O36/c43-1-9(47)17(49)18(50)10(48)5-67-39-33(65)35(77-41-31(63)26(58)20(52)12(3-45)72-41)23(55)15(75-39)8-69-38-30(62)28(60)22(54)14(74-38)6-70-40-34(66)36(78-42-32(64)27(59)21(53)13(4-46)73-42)24(56)16(76-40)7-68-37-29(61)25(57)19(51)11(2-44)71-37/h9-66H,1-8H2/t9-,10+,11+,12+,13+,14+,15+,16+,17+,18+,19+,20+,21+,22+,23+,24+,25-,26-,27-,28-,29+,30+,31+,32+,33+,34+,35-,36-,37?,38+,39+,40+,41-,42-/m0/s1. The van der Waals surface area contributed by atoms with E-state index in [1.165, 1.54) is 0 Å². The van der Waals surface area contributed by atoms with Crippen LogP contribution in [0.5, 0.6) is 0 Å². The molecule has 24 N–H and O–H groups in total. The Balaban J connectivity index is 1.17. The number of hydrogen-bond acceptors (Lipinski definition) is 36. The predicted molar refractivity (Wildman–Crippen MR) is 234 cm³/mol. The Morgan fingerprint density at radius 1 is 0.282 bits per heavy atom. The minimum absolute atomic E-state index is 0.858. The van der Waals surface area contributed by atoms with E-state index < -0.39 is 262 Å². The van der Waals surface area contributed by atoms with E-state index in [0.717, 1.165) is 0 Å². The van der Waals surface area contributed by atoms with Crippen LogP contribution in [0.4, 0.5) is 0 Å². The van der Waals surface area contributed by atoms with Gasteiger partial charge in [0, 0.05) is 0 Å². The van der Waals surface area contributed by atoms with Crippen LogP contribution in [0.2, 0.25) is 0 Å². The van der Waals surface area contributed by atoms with Gasteiger partial charge in [-0.3, -0.25) is 0 Å². The lowest BCUT2D eigenvalue weighted by atomic mass is 9.96. The van der Waals surface area contributed by atoms with Crippen LogP contribution < -0.4 is 0 Å². The molecule has 0 spiro atoms. The Labute approximate surface area is 440 Å². The topological polar surface area (TPSA) is 596 Å². The normalized spacial score (nSPS) is 49.2. The summed E-state index contributed by atoms with van der Waals surface area (Å²) in [4.78, 5) is 0. The zero-order valence-corrected chi connectivity index (χ0v) is 40.9. The third-order valence-electron chi connectivity index (χ3n) is 14.1. The van der Waals surface area contributed by atoms with Crippen molar-refractivity contribution in [3.05, 3.63) is 0 Å². The van der Waals surface area contributed by atoms with Gasteiger partial charge in [-0.05, 0) is 0 Å². The van der Waals surface area contributed by atoms with Crippen molar-refractivity contribution >= 4 is 0 Å². The lowest BCUT2D eigenvalue weighted by molar-refractivity contribution is -0.374. The van der Waals surface area contributed by atoms with Crippen molar-refractivity contribution in [3.8, 4) is 0 Å². The number of aliphatic hydroxyl groups excluding tert-OH is 24. The molecule has 78 heavy (non-hydrogen) atoms. The molecule has 6 saturated heterocycles. The van der Waals surface area contributed by atoms with E-state index in [1.54, 1.807) is 0 Å². The van der Waals surface area contributed by atoms with Crippen LogP contribution in [0.1, 0.15) is 0 Å². The Morgan fingerprint density at radius 3 is 0.897 bits per heavy atom. The molecular weight excluding hydrogens is 1080 g/mol. The summed E-state index contributed by atoms with van der Waals surface area (Å²) in [5, 5.41) is 251. The van der Waals surface area contributed by atoms with Crippen LogP contribution in [0.25, 0.3) is 0 Å². The van der Waals surface area contributed by atoms with Gasteiger partial charge in [0.1, 0.15) is 171 Å². The highest BCUT2D eigenvalue weighted by Crippen LogP contribution is 2.34. The van der Waals surface area contributed by atoms with Crippen LogP contribution in [0.15, 0.2) is 0 Å². The Bertz CT molecular complexity index is 1760. The first-order valence-electron chi connectivity index (χ1n) is 24.6. The predicted octanol–water partition coefficient (Wildman–Crippen LogP) is -16.6. The summed E-state index contributed by atoms with van der Waals surface area (Å²) in [6, 6.07) is 0. The summed E-state index contributed by atoms with van der Waals surface area (Å²) in [6.45, 7) is -7.56. The molecule has 0 bridgehead atoms. The van der Waals surface area contributed by atoms with Crippen molar-refractivity contribution in [2.24, 2.45) is 0 Å². The highest BCUT2D eigenvalue weighted by molar-refractivity contribution is 4.98. The van der Waals surface area contributed by atoms with Gasteiger partial charge in [0.25, 0.3) is 0 Å². The van der Waals surface area contributed by atoms with Crippen LogP contribution in [0.3, 0.4) is 0 Å². The summed E-state index contributed by atoms with van der Waals surface area (Å²) in [6.07, 6.45) is -66.8. The number of ether oxygens (including phenoxy) is 12. The quantitative estimate of drug-likeness (QED) is 0.0452. The average Bonchev–Trinajstić information content (AvgIpc) is 3.44. The maximum absolute atomic E-state index is 11.5. The molecule has 458 valence electrons. The molecule has 0 radical (unpaired) electrons. The van der Waals surface area contributed by atoms with Crippen molar-refractivity contribution < 1.29 is 179 Å². The smallest absolute Gasteiger partial charge is 0.187 e. The Hall–Kier alpha value is -1.44. The molecular formula is C42H74O36. The van der Waals surface area contributed by atoms with Crippen molar-refractivity contribution in [1.29, 1.82) is 0 Å². The average molecular weight is 1160 g/mol. The van der Waals surface area contributed by atoms with Crippen molar-refractivity contribution in [1.82, 2.24) is 0 Å². The van der Waals surface area contributed by atoms with Gasteiger partial charge >= 0.3 is 0 Å². The number of aliphatic hydroxyl groups is 24. The van der Waals surface area contributed by atoms with Crippen molar-refractivity contribution in [3.63, 3.8) is 0 Å². The monoisotopic (exact) mass is 1150 g/mol. The molecule has 6 aliphatic rings. The van der Waals surface area contributed by atoms with Gasteiger partial charge in [0.15, 0.2) is 37.7 Å². The van der Waals surface area contributed by atoms with Gasteiger partial charge in [-0.1, -0.05) is 0 Å². The molecule has 36 nitrogen and oxygen atoms in total. The Morgan fingerprint density at radius 2 is 0.551 bits per heavy atom. The molecule has 6 heterocycles. The summed E-state index contributed by atoms with van der Waals surface area (Å²) in [5.41, 5.74) is 0. The first kappa shape index (κ1) is 65.7. The molecule has 36 heteroatoms. The molecule has 6 rings (SSSR count). The maximum atomic E-state index is 11.5.